The minimum atomic E-state index is -0.468. The van der Waals surface area contributed by atoms with Gasteiger partial charge in [-0.05, 0) is 47.1 Å². The molecule has 0 aromatic heterocycles. The summed E-state index contributed by atoms with van der Waals surface area (Å²) in [6.45, 7) is 0. The first-order chi connectivity index (χ1) is 17.5. The molecule has 2 atom stereocenters. The van der Waals surface area contributed by atoms with Crippen LogP contribution in [0.15, 0.2) is 102 Å². The fourth-order valence-electron chi connectivity index (χ4n) is 5.77. The molecule has 0 radical (unpaired) electrons. The zero-order chi connectivity index (χ0) is 24.8. The number of allylic oxidation sites excluding steroid dienone is 2. The number of hydrogen-bond donors (Lipinski definition) is 0. The highest BCUT2D eigenvalue weighted by Crippen LogP contribution is 2.50. The molecule has 6 rings (SSSR count). The molecule has 1 amide bonds. The molecule has 36 heavy (non-hydrogen) atoms. The number of carbonyl (C=O) groups is 2. The van der Waals surface area contributed by atoms with Gasteiger partial charge in [0, 0.05) is 45.5 Å². The topological polar surface area (TPSA) is 37.4 Å². The average molecular weight is 512 g/mol. The number of ketones is 1. The number of anilines is 1. The Labute approximate surface area is 219 Å². The second-order valence-corrected chi connectivity index (χ2v) is 10.2. The molecule has 0 bridgehead atoms. The minimum absolute atomic E-state index is 0.0109. The Bertz CT molecular complexity index is 1520. The Kier molecular flexibility index (Phi) is 5.91. The molecule has 0 saturated carbocycles. The molecule has 0 saturated heterocycles. The van der Waals surface area contributed by atoms with Crippen LogP contribution in [0.5, 0.6) is 0 Å². The van der Waals surface area contributed by atoms with Crippen LogP contribution in [0.25, 0.3) is 10.8 Å². The van der Waals surface area contributed by atoms with Gasteiger partial charge in [-0.1, -0.05) is 96.0 Å². The molecule has 0 spiro atoms. The molecule has 178 valence electrons. The van der Waals surface area contributed by atoms with Crippen molar-refractivity contribution < 1.29 is 9.59 Å². The summed E-state index contributed by atoms with van der Waals surface area (Å²) < 4.78 is 0. The van der Waals surface area contributed by atoms with Gasteiger partial charge in [0.25, 0.3) is 0 Å². The molecule has 4 aromatic rings. The molecular formula is C31H23Cl2NO2. The summed E-state index contributed by atoms with van der Waals surface area (Å²) in [4.78, 5) is 29.6. The van der Waals surface area contributed by atoms with E-state index >= 15 is 0 Å². The van der Waals surface area contributed by atoms with E-state index in [0.717, 1.165) is 27.7 Å². The fourth-order valence-corrected chi connectivity index (χ4v) is 6.43. The normalized spacial score (nSPS) is 20.1. The van der Waals surface area contributed by atoms with Crippen LogP contribution in [-0.4, -0.2) is 11.7 Å². The molecule has 2 unspecified atom stereocenters. The third kappa shape index (κ3) is 3.84. The fraction of sp³-hybridized carbons (Fsp3) is 0.161. The first-order valence-corrected chi connectivity index (χ1v) is 12.8. The third-order valence-electron chi connectivity index (χ3n) is 7.36. The zero-order valence-corrected chi connectivity index (χ0v) is 21.0. The van der Waals surface area contributed by atoms with Crippen LogP contribution in [0.2, 0.25) is 10.0 Å². The predicted molar refractivity (Wildman–Crippen MR) is 146 cm³/mol. The van der Waals surface area contributed by atoms with E-state index in [0.29, 0.717) is 34.0 Å². The van der Waals surface area contributed by atoms with E-state index in [2.05, 4.69) is 12.1 Å². The Morgan fingerprint density at radius 3 is 2.14 bits per heavy atom. The van der Waals surface area contributed by atoms with Crippen LogP contribution in [0.4, 0.5) is 5.69 Å². The van der Waals surface area contributed by atoms with Gasteiger partial charge in [-0.25, -0.2) is 0 Å². The summed E-state index contributed by atoms with van der Waals surface area (Å²) in [5.41, 5.74) is 3.97. The van der Waals surface area contributed by atoms with Gasteiger partial charge in [0.15, 0.2) is 5.78 Å². The van der Waals surface area contributed by atoms with Crippen LogP contribution in [0.3, 0.4) is 0 Å². The lowest BCUT2D eigenvalue weighted by atomic mass is 9.72. The largest absolute Gasteiger partial charge is 0.294 e. The van der Waals surface area contributed by atoms with Gasteiger partial charge in [0.05, 0.1) is 5.69 Å². The number of carbonyl (C=O) groups excluding carboxylic acids is 2. The molecular weight excluding hydrogens is 489 g/mol. The maximum atomic E-state index is 13.9. The summed E-state index contributed by atoms with van der Waals surface area (Å²) in [7, 11) is 0. The van der Waals surface area contributed by atoms with Gasteiger partial charge in [0.1, 0.15) is 0 Å². The quantitative estimate of drug-likeness (QED) is 0.278. The maximum absolute atomic E-state index is 13.9. The maximum Gasteiger partial charge on any atom is 0.232 e. The summed E-state index contributed by atoms with van der Waals surface area (Å²) in [5, 5.41) is 2.97. The SMILES string of the molecule is O=C1CC(c2ccccc2)CC2=C1C(c1c(Cl)cccc1Cl)CC(=O)N2c1cccc2ccccc12. The molecule has 1 heterocycles. The second kappa shape index (κ2) is 9.24. The lowest BCUT2D eigenvalue weighted by molar-refractivity contribution is -0.120. The highest BCUT2D eigenvalue weighted by atomic mass is 35.5. The first kappa shape index (κ1) is 23.0. The number of amides is 1. The van der Waals surface area contributed by atoms with Crippen molar-refractivity contribution in [3.05, 3.63) is 123 Å². The van der Waals surface area contributed by atoms with E-state index in [-0.39, 0.29) is 24.0 Å². The highest BCUT2D eigenvalue weighted by Gasteiger charge is 2.43. The molecule has 1 aliphatic carbocycles. The Hall–Kier alpha value is -3.40. The van der Waals surface area contributed by atoms with E-state index in [9.17, 15) is 9.59 Å². The predicted octanol–water partition coefficient (Wildman–Crippen LogP) is 8.07. The molecule has 4 aromatic carbocycles. The number of hydrogen-bond acceptors (Lipinski definition) is 2. The summed E-state index contributed by atoms with van der Waals surface area (Å²) in [5.74, 6) is -0.497. The Balaban J connectivity index is 1.58. The number of halogens is 2. The van der Waals surface area contributed by atoms with Gasteiger partial charge in [-0.15, -0.1) is 0 Å². The molecule has 5 heteroatoms. The van der Waals surface area contributed by atoms with Crippen LogP contribution >= 0.6 is 23.2 Å². The number of nitrogens with zero attached hydrogens (tertiary/aromatic N) is 1. The van der Waals surface area contributed by atoms with E-state index in [1.54, 1.807) is 23.1 Å². The molecule has 3 nitrogen and oxygen atoms in total. The van der Waals surface area contributed by atoms with E-state index in [1.807, 2.05) is 60.7 Å². The van der Waals surface area contributed by atoms with Crippen molar-refractivity contribution in [2.75, 3.05) is 4.90 Å². The van der Waals surface area contributed by atoms with E-state index < -0.39 is 5.92 Å². The second-order valence-electron chi connectivity index (χ2n) is 9.42. The van der Waals surface area contributed by atoms with Crippen molar-refractivity contribution in [3.8, 4) is 0 Å². The Morgan fingerprint density at radius 2 is 1.36 bits per heavy atom. The van der Waals surface area contributed by atoms with Crippen molar-refractivity contribution in [1.29, 1.82) is 0 Å². The minimum Gasteiger partial charge on any atom is -0.294 e. The van der Waals surface area contributed by atoms with Gasteiger partial charge >= 0.3 is 0 Å². The van der Waals surface area contributed by atoms with Crippen molar-refractivity contribution in [3.63, 3.8) is 0 Å². The van der Waals surface area contributed by atoms with Crippen LogP contribution < -0.4 is 4.90 Å². The first-order valence-electron chi connectivity index (χ1n) is 12.1. The molecule has 1 aliphatic heterocycles. The summed E-state index contributed by atoms with van der Waals surface area (Å²) in [6, 6.07) is 29.4. The summed E-state index contributed by atoms with van der Waals surface area (Å²) >= 11 is 13.2. The number of rotatable bonds is 3. The molecule has 0 N–H and O–H groups in total. The monoisotopic (exact) mass is 511 g/mol. The number of fused-ring (bicyclic) bond motifs is 1. The average Bonchev–Trinajstić information content (AvgIpc) is 2.88. The van der Waals surface area contributed by atoms with Crippen molar-refractivity contribution in [1.82, 2.24) is 0 Å². The smallest absolute Gasteiger partial charge is 0.232 e. The van der Waals surface area contributed by atoms with E-state index in [1.165, 1.54) is 0 Å². The lowest BCUT2D eigenvalue weighted by Gasteiger charge is -2.41. The summed E-state index contributed by atoms with van der Waals surface area (Å²) in [6.07, 6.45) is 1.10. The van der Waals surface area contributed by atoms with Crippen molar-refractivity contribution in [2.45, 2.75) is 31.1 Å². The molecule has 2 aliphatic rings. The lowest BCUT2D eigenvalue weighted by Crippen LogP contribution is -2.42. The number of benzene rings is 4. The van der Waals surface area contributed by atoms with Crippen LogP contribution in [0.1, 0.15) is 42.2 Å². The standard InChI is InChI=1S/C31H23Cl2NO2/c32-24-13-7-14-25(33)30(24)23-18-29(36)34(26-15-6-11-20-10-4-5-12-22(20)26)27-16-21(17-28(35)31(23)27)19-8-2-1-3-9-19/h1-15,21,23H,16-18H2. The highest BCUT2D eigenvalue weighted by molar-refractivity contribution is 6.36. The van der Waals surface area contributed by atoms with E-state index in [4.69, 9.17) is 23.2 Å². The van der Waals surface area contributed by atoms with Gasteiger partial charge in [0.2, 0.25) is 5.91 Å². The number of Topliss-reactive ketones (excluding diaryl/α,β-unsaturated/α-hetero) is 1. The van der Waals surface area contributed by atoms with Crippen molar-refractivity contribution >= 4 is 51.4 Å². The van der Waals surface area contributed by atoms with Gasteiger partial charge < -0.3 is 0 Å². The Morgan fingerprint density at radius 1 is 0.694 bits per heavy atom. The third-order valence-corrected chi connectivity index (χ3v) is 8.02. The van der Waals surface area contributed by atoms with Gasteiger partial charge in [-0.3, -0.25) is 14.5 Å². The van der Waals surface area contributed by atoms with Crippen molar-refractivity contribution in [2.24, 2.45) is 0 Å². The van der Waals surface area contributed by atoms with Crippen LogP contribution in [0, 0.1) is 0 Å². The van der Waals surface area contributed by atoms with Gasteiger partial charge in [-0.2, -0.15) is 0 Å². The zero-order valence-electron chi connectivity index (χ0n) is 19.5. The molecule has 0 fully saturated rings. The van der Waals surface area contributed by atoms with Crippen LogP contribution in [-0.2, 0) is 9.59 Å².